The first kappa shape index (κ1) is 10.1. The zero-order chi connectivity index (χ0) is 10.7. The van der Waals surface area contributed by atoms with Gasteiger partial charge < -0.3 is 0 Å². The van der Waals surface area contributed by atoms with Crippen LogP contribution in [-0.4, -0.2) is 10.8 Å². The van der Waals surface area contributed by atoms with Crippen LogP contribution in [0.4, 0.5) is 0 Å². The SMILES string of the molecule is Cc1ccnc(C(=O)Cc2ccsc2)c1. The van der Waals surface area contributed by atoms with Crippen LogP contribution in [0, 0.1) is 6.92 Å². The lowest BCUT2D eigenvalue weighted by Gasteiger charge is -1.99. The van der Waals surface area contributed by atoms with Gasteiger partial charge in [0.05, 0.1) is 0 Å². The molecular formula is C12H11NOS. The summed E-state index contributed by atoms with van der Waals surface area (Å²) >= 11 is 1.61. The molecule has 15 heavy (non-hydrogen) atoms. The quantitative estimate of drug-likeness (QED) is 0.740. The molecule has 76 valence electrons. The fourth-order valence-electron chi connectivity index (χ4n) is 1.36. The number of Topliss-reactive ketones (excluding diaryl/α,β-unsaturated/α-hetero) is 1. The van der Waals surface area contributed by atoms with Crippen molar-refractivity contribution in [1.82, 2.24) is 4.98 Å². The van der Waals surface area contributed by atoms with Crippen LogP contribution in [0.15, 0.2) is 35.2 Å². The minimum absolute atomic E-state index is 0.0806. The first-order chi connectivity index (χ1) is 7.25. The van der Waals surface area contributed by atoms with E-state index >= 15 is 0 Å². The summed E-state index contributed by atoms with van der Waals surface area (Å²) in [5.74, 6) is 0.0806. The number of aromatic nitrogens is 1. The van der Waals surface area contributed by atoms with Crippen molar-refractivity contribution in [2.24, 2.45) is 0 Å². The average molecular weight is 217 g/mol. The smallest absolute Gasteiger partial charge is 0.185 e. The van der Waals surface area contributed by atoms with Crippen LogP contribution in [-0.2, 0) is 6.42 Å². The zero-order valence-corrected chi connectivity index (χ0v) is 9.25. The van der Waals surface area contributed by atoms with Crippen LogP contribution in [0.25, 0.3) is 0 Å². The van der Waals surface area contributed by atoms with Gasteiger partial charge in [-0.1, -0.05) is 0 Å². The molecule has 0 aliphatic heterocycles. The Morgan fingerprint density at radius 3 is 3.00 bits per heavy atom. The highest BCUT2D eigenvalue weighted by atomic mass is 32.1. The molecule has 0 aliphatic rings. The van der Waals surface area contributed by atoms with E-state index in [-0.39, 0.29) is 5.78 Å². The van der Waals surface area contributed by atoms with Crippen molar-refractivity contribution in [1.29, 1.82) is 0 Å². The summed E-state index contributed by atoms with van der Waals surface area (Å²) in [5.41, 5.74) is 2.69. The molecule has 3 heteroatoms. The predicted molar refractivity (Wildman–Crippen MR) is 61.3 cm³/mol. The molecule has 0 fully saturated rings. The number of rotatable bonds is 3. The molecule has 2 nitrogen and oxygen atoms in total. The monoisotopic (exact) mass is 217 g/mol. The summed E-state index contributed by atoms with van der Waals surface area (Å²) < 4.78 is 0. The maximum absolute atomic E-state index is 11.8. The highest BCUT2D eigenvalue weighted by Crippen LogP contribution is 2.10. The van der Waals surface area contributed by atoms with Crippen LogP contribution in [0.1, 0.15) is 21.6 Å². The van der Waals surface area contributed by atoms with E-state index in [1.165, 1.54) is 0 Å². The van der Waals surface area contributed by atoms with Gasteiger partial charge in [-0.2, -0.15) is 11.3 Å². The van der Waals surface area contributed by atoms with E-state index in [0.29, 0.717) is 12.1 Å². The summed E-state index contributed by atoms with van der Waals surface area (Å²) in [4.78, 5) is 15.9. The Bertz CT molecular complexity index is 462. The Balaban J connectivity index is 2.15. The second-order valence-corrected chi connectivity index (χ2v) is 4.23. The van der Waals surface area contributed by atoms with Crippen molar-refractivity contribution < 1.29 is 4.79 Å². The van der Waals surface area contributed by atoms with E-state index in [9.17, 15) is 4.79 Å². The van der Waals surface area contributed by atoms with Gasteiger partial charge >= 0.3 is 0 Å². The summed E-state index contributed by atoms with van der Waals surface area (Å²) in [6.45, 7) is 1.96. The molecule has 0 radical (unpaired) electrons. The van der Waals surface area contributed by atoms with E-state index in [1.807, 2.05) is 35.9 Å². The number of thiophene rings is 1. The predicted octanol–water partition coefficient (Wildman–Crippen LogP) is 2.88. The highest BCUT2D eigenvalue weighted by Gasteiger charge is 2.08. The summed E-state index contributed by atoms with van der Waals surface area (Å²) in [6.07, 6.45) is 2.12. The molecule has 2 rings (SSSR count). The molecule has 0 bridgehead atoms. The van der Waals surface area contributed by atoms with Crippen LogP contribution in [0.5, 0.6) is 0 Å². The van der Waals surface area contributed by atoms with Gasteiger partial charge in [0.2, 0.25) is 0 Å². The van der Waals surface area contributed by atoms with E-state index in [0.717, 1.165) is 11.1 Å². The lowest BCUT2D eigenvalue weighted by Crippen LogP contribution is -2.05. The number of hydrogen-bond donors (Lipinski definition) is 0. The first-order valence-corrected chi connectivity index (χ1v) is 5.67. The third-order valence-electron chi connectivity index (χ3n) is 2.15. The molecule has 0 atom stereocenters. The molecule has 0 aromatic carbocycles. The molecule has 0 N–H and O–H groups in total. The normalized spacial score (nSPS) is 10.2. The maximum atomic E-state index is 11.8. The molecule has 0 aliphatic carbocycles. The van der Waals surface area contributed by atoms with Crippen LogP contribution in [0.3, 0.4) is 0 Å². The highest BCUT2D eigenvalue weighted by molar-refractivity contribution is 7.08. The molecule has 2 heterocycles. The zero-order valence-electron chi connectivity index (χ0n) is 8.43. The summed E-state index contributed by atoms with van der Waals surface area (Å²) in [5, 5.41) is 3.97. The first-order valence-electron chi connectivity index (χ1n) is 4.72. The molecule has 2 aromatic heterocycles. The number of pyridine rings is 1. The molecule has 2 aromatic rings. The van der Waals surface area contributed by atoms with Crippen molar-refractivity contribution >= 4 is 17.1 Å². The fourth-order valence-corrected chi connectivity index (χ4v) is 2.03. The van der Waals surface area contributed by atoms with E-state index < -0.39 is 0 Å². The summed E-state index contributed by atoms with van der Waals surface area (Å²) in [7, 11) is 0. The third kappa shape index (κ3) is 2.50. The topological polar surface area (TPSA) is 30.0 Å². The molecular weight excluding hydrogens is 206 g/mol. The van der Waals surface area contributed by atoms with Gasteiger partial charge in [0.25, 0.3) is 0 Å². The van der Waals surface area contributed by atoms with Crippen LogP contribution in [0.2, 0.25) is 0 Å². The number of carbonyl (C=O) groups excluding carboxylic acids is 1. The standard InChI is InChI=1S/C12H11NOS/c1-9-2-4-13-11(6-9)12(14)7-10-3-5-15-8-10/h2-6,8H,7H2,1H3. The van der Waals surface area contributed by atoms with Gasteiger partial charge in [-0.3, -0.25) is 9.78 Å². The second-order valence-electron chi connectivity index (χ2n) is 3.45. The number of aryl methyl sites for hydroxylation is 1. The minimum atomic E-state index is 0.0806. The third-order valence-corrected chi connectivity index (χ3v) is 2.88. The molecule has 0 unspecified atom stereocenters. The van der Waals surface area contributed by atoms with Crippen molar-refractivity contribution in [3.05, 3.63) is 52.0 Å². The van der Waals surface area contributed by atoms with E-state index in [2.05, 4.69) is 4.98 Å². The Morgan fingerprint density at radius 1 is 1.47 bits per heavy atom. The summed E-state index contributed by atoms with van der Waals surface area (Å²) in [6, 6.07) is 5.69. The number of hydrogen-bond acceptors (Lipinski definition) is 3. The molecule has 0 amide bonds. The van der Waals surface area contributed by atoms with Gasteiger partial charge in [0.15, 0.2) is 5.78 Å². The molecule has 0 spiro atoms. The van der Waals surface area contributed by atoms with Crippen LogP contribution < -0.4 is 0 Å². The Kier molecular flexibility index (Phi) is 2.92. The van der Waals surface area contributed by atoms with Crippen molar-refractivity contribution in [2.45, 2.75) is 13.3 Å². The van der Waals surface area contributed by atoms with Crippen molar-refractivity contribution in [2.75, 3.05) is 0 Å². The van der Waals surface area contributed by atoms with Crippen LogP contribution >= 0.6 is 11.3 Å². The van der Waals surface area contributed by atoms with Gasteiger partial charge in [0.1, 0.15) is 5.69 Å². The van der Waals surface area contributed by atoms with E-state index in [1.54, 1.807) is 17.5 Å². The van der Waals surface area contributed by atoms with Crippen molar-refractivity contribution in [3.63, 3.8) is 0 Å². The largest absolute Gasteiger partial charge is 0.292 e. The second kappa shape index (κ2) is 4.36. The Morgan fingerprint density at radius 2 is 2.33 bits per heavy atom. The maximum Gasteiger partial charge on any atom is 0.185 e. The van der Waals surface area contributed by atoms with Crippen molar-refractivity contribution in [3.8, 4) is 0 Å². The Hall–Kier alpha value is -1.48. The number of carbonyl (C=O) groups is 1. The minimum Gasteiger partial charge on any atom is -0.292 e. The Labute approximate surface area is 92.6 Å². The molecule has 0 saturated heterocycles. The average Bonchev–Trinajstić information content (AvgIpc) is 2.70. The van der Waals surface area contributed by atoms with E-state index in [4.69, 9.17) is 0 Å². The lowest BCUT2D eigenvalue weighted by atomic mass is 10.1. The van der Waals surface area contributed by atoms with Gasteiger partial charge in [-0.05, 0) is 47.0 Å². The molecule has 0 saturated carbocycles. The number of ketones is 1. The number of nitrogens with zero attached hydrogens (tertiary/aromatic N) is 1. The van der Waals surface area contributed by atoms with Gasteiger partial charge in [-0.25, -0.2) is 0 Å². The van der Waals surface area contributed by atoms with Gasteiger partial charge in [0, 0.05) is 12.6 Å². The lowest BCUT2D eigenvalue weighted by molar-refractivity contribution is 0.0988. The fraction of sp³-hybridized carbons (Fsp3) is 0.167. The van der Waals surface area contributed by atoms with Gasteiger partial charge in [-0.15, -0.1) is 0 Å².